The van der Waals surface area contributed by atoms with Crippen molar-refractivity contribution in [3.8, 4) is 0 Å². The minimum absolute atomic E-state index is 0.0677. The van der Waals surface area contributed by atoms with Gasteiger partial charge in [0.1, 0.15) is 6.10 Å². The summed E-state index contributed by atoms with van der Waals surface area (Å²) in [7, 11) is 0. The number of hydrogen-bond acceptors (Lipinski definition) is 5. The van der Waals surface area contributed by atoms with Crippen molar-refractivity contribution in [2.45, 2.75) is 78.9 Å². The molecule has 0 bridgehead atoms. The summed E-state index contributed by atoms with van der Waals surface area (Å²) in [5.74, 6) is 0.172. The van der Waals surface area contributed by atoms with Crippen LogP contribution in [-0.4, -0.2) is 40.8 Å². The van der Waals surface area contributed by atoms with Crippen LogP contribution in [0.1, 0.15) is 66.7 Å². The smallest absolute Gasteiger partial charge is 0.302 e. The van der Waals surface area contributed by atoms with Crippen molar-refractivity contribution in [3.63, 3.8) is 0 Å². The second-order valence-corrected chi connectivity index (χ2v) is 9.99. The summed E-state index contributed by atoms with van der Waals surface area (Å²) in [5.41, 5.74) is 0.369. The Morgan fingerprint density at radius 2 is 1.96 bits per heavy atom. The monoisotopic (exact) mass is 378 g/mol. The maximum Gasteiger partial charge on any atom is 0.302 e. The van der Waals surface area contributed by atoms with Crippen LogP contribution in [-0.2, 0) is 14.3 Å². The van der Waals surface area contributed by atoms with Gasteiger partial charge in [-0.25, -0.2) is 0 Å². The quantitative estimate of drug-likeness (QED) is 0.738. The molecule has 2 saturated carbocycles. The van der Waals surface area contributed by atoms with Crippen molar-refractivity contribution in [2.75, 3.05) is 6.61 Å². The lowest BCUT2D eigenvalue weighted by molar-refractivity contribution is -0.195. The van der Waals surface area contributed by atoms with Crippen LogP contribution in [0.15, 0.2) is 11.6 Å². The highest BCUT2D eigenvalue weighted by atomic mass is 16.5. The van der Waals surface area contributed by atoms with Crippen LogP contribution < -0.4 is 0 Å². The van der Waals surface area contributed by atoms with E-state index in [2.05, 4.69) is 13.8 Å². The van der Waals surface area contributed by atoms with E-state index >= 15 is 0 Å². The van der Waals surface area contributed by atoms with E-state index < -0.39 is 11.5 Å². The van der Waals surface area contributed by atoms with Crippen molar-refractivity contribution in [2.24, 2.45) is 28.1 Å². The number of rotatable bonds is 3. The highest BCUT2D eigenvalue weighted by molar-refractivity contribution is 5.92. The molecule has 3 aliphatic rings. The first kappa shape index (κ1) is 20.5. The molecular weight excluding hydrogens is 344 g/mol. The number of ketones is 1. The molecule has 0 aliphatic heterocycles. The highest BCUT2D eigenvalue weighted by Crippen LogP contribution is 2.66. The third-order valence-electron chi connectivity index (χ3n) is 8.39. The van der Waals surface area contributed by atoms with Crippen molar-refractivity contribution < 1.29 is 24.5 Å². The lowest BCUT2D eigenvalue weighted by Gasteiger charge is -2.64. The normalized spacial score (nSPS) is 45.4. The average Bonchev–Trinajstić information content (AvgIpc) is 2.58. The maximum absolute atomic E-state index is 12.4. The van der Waals surface area contributed by atoms with Crippen LogP contribution in [0.4, 0.5) is 0 Å². The van der Waals surface area contributed by atoms with Crippen molar-refractivity contribution in [1.29, 1.82) is 0 Å². The van der Waals surface area contributed by atoms with E-state index in [1.165, 1.54) is 6.92 Å². The van der Waals surface area contributed by atoms with Gasteiger partial charge in [0, 0.05) is 19.3 Å². The molecule has 2 fully saturated rings. The molecule has 5 heteroatoms. The molecule has 0 aromatic carbocycles. The van der Waals surface area contributed by atoms with E-state index in [1.807, 2.05) is 13.8 Å². The summed E-state index contributed by atoms with van der Waals surface area (Å²) in [6, 6.07) is 0. The Balaban J connectivity index is 2.05. The second kappa shape index (κ2) is 6.70. The Labute approximate surface area is 162 Å². The fraction of sp³-hybridized carbons (Fsp3) is 0.818. The number of carbonyl (C=O) groups excluding carboxylic acids is 2. The van der Waals surface area contributed by atoms with Gasteiger partial charge in [0.2, 0.25) is 0 Å². The Kier molecular flexibility index (Phi) is 5.09. The summed E-state index contributed by atoms with van der Waals surface area (Å²) in [6.45, 7) is 9.69. The van der Waals surface area contributed by atoms with Crippen LogP contribution in [0.3, 0.4) is 0 Å². The number of hydrogen-bond donors (Lipinski definition) is 2. The third-order valence-corrected chi connectivity index (χ3v) is 8.39. The van der Waals surface area contributed by atoms with Gasteiger partial charge >= 0.3 is 5.97 Å². The Hall–Kier alpha value is -1.20. The molecule has 0 spiro atoms. The first-order chi connectivity index (χ1) is 12.5. The molecule has 7 unspecified atom stereocenters. The molecule has 3 rings (SSSR count). The SMILES string of the molecule is CC(=O)OC1CC2(C)C(C)=CC(=O)CC2C2(C)CCC(C)(C(O)CO)CC12. The second-order valence-electron chi connectivity index (χ2n) is 9.99. The van der Waals surface area contributed by atoms with E-state index in [1.54, 1.807) is 6.08 Å². The molecule has 0 amide bonds. The Morgan fingerprint density at radius 1 is 1.30 bits per heavy atom. The Bertz CT molecular complexity index is 670. The molecule has 0 aromatic heterocycles. The van der Waals surface area contributed by atoms with Gasteiger partial charge in [-0.05, 0) is 60.8 Å². The number of fused-ring (bicyclic) bond motifs is 3. The van der Waals surface area contributed by atoms with Gasteiger partial charge in [0.15, 0.2) is 5.78 Å². The molecule has 27 heavy (non-hydrogen) atoms. The molecule has 2 N–H and O–H groups in total. The first-order valence-electron chi connectivity index (χ1n) is 10.1. The number of carbonyl (C=O) groups is 2. The summed E-state index contributed by atoms with van der Waals surface area (Å²) < 4.78 is 5.83. The minimum atomic E-state index is -0.789. The minimum Gasteiger partial charge on any atom is -0.462 e. The number of aliphatic hydroxyl groups is 2. The van der Waals surface area contributed by atoms with Gasteiger partial charge in [0.25, 0.3) is 0 Å². The first-order valence-corrected chi connectivity index (χ1v) is 10.1. The van der Waals surface area contributed by atoms with E-state index in [0.29, 0.717) is 19.3 Å². The Morgan fingerprint density at radius 3 is 2.56 bits per heavy atom. The summed E-state index contributed by atoms with van der Waals surface area (Å²) >= 11 is 0. The topological polar surface area (TPSA) is 83.8 Å². The number of aliphatic hydroxyl groups excluding tert-OH is 2. The standard InChI is InChI=1S/C22H34O5/c1-13-8-15(25)9-18-21(4)7-6-20(3,19(26)12-23)10-16(21)17(27-14(2)24)11-22(13,18)5/h8,16-19,23,26H,6-7,9-12H2,1-5H3. The van der Waals surface area contributed by atoms with Crippen molar-refractivity contribution >= 4 is 11.8 Å². The van der Waals surface area contributed by atoms with Crippen LogP contribution in [0.25, 0.3) is 0 Å². The number of esters is 1. The number of allylic oxidation sites excluding steroid dienone is 2. The zero-order valence-corrected chi connectivity index (χ0v) is 17.2. The maximum atomic E-state index is 12.4. The van der Waals surface area contributed by atoms with Crippen molar-refractivity contribution in [3.05, 3.63) is 11.6 Å². The predicted molar refractivity (Wildman–Crippen MR) is 102 cm³/mol. The van der Waals surface area contributed by atoms with Gasteiger partial charge in [-0.15, -0.1) is 0 Å². The molecule has 0 heterocycles. The van der Waals surface area contributed by atoms with Gasteiger partial charge < -0.3 is 14.9 Å². The van der Waals surface area contributed by atoms with Gasteiger partial charge in [-0.2, -0.15) is 0 Å². The number of ether oxygens (including phenoxy) is 1. The molecule has 0 saturated heterocycles. The summed E-state index contributed by atoms with van der Waals surface area (Å²) in [5, 5.41) is 20.0. The zero-order chi connectivity index (χ0) is 20.2. The van der Waals surface area contributed by atoms with Crippen LogP contribution >= 0.6 is 0 Å². The van der Waals surface area contributed by atoms with Gasteiger partial charge in [-0.3, -0.25) is 9.59 Å². The fourth-order valence-corrected chi connectivity index (χ4v) is 6.42. The lowest BCUT2D eigenvalue weighted by atomic mass is 9.41. The van der Waals surface area contributed by atoms with Gasteiger partial charge in [0.05, 0.1) is 12.7 Å². The molecule has 0 radical (unpaired) electrons. The molecule has 152 valence electrons. The van der Waals surface area contributed by atoms with E-state index in [9.17, 15) is 19.8 Å². The summed E-state index contributed by atoms with van der Waals surface area (Å²) in [6.07, 6.45) is 4.31. The van der Waals surface area contributed by atoms with Crippen molar-refractivity contribution in [1.82, 2.24) is 0 Å². The molecule has 7 atom stereocenters. The molecular formula is C22H34O5. The van der Waals surface area contributed by atoms with E-state index in [0.717, 1.165) is 18.4 Å². The molecule has 0 aromatic rings. The largest absolute Gasteiger partial charge is 0.462 e. The van der Waals surface area contributed by atoms with Crippen LogP contribution in [0, 0.1) is 28.1 Å². The average molecular weight is 379 g/mol. The summed E-state index contributed by atoms with van der Waals surface area (Å²) in [4.78, 5) is 24.3. The highest BCUT2D eigenvalue weighted by Gasteiger charge is 2.63. The fourth-order valence-electron chi connectivity index (χ4n) is 6.42. The van der Waals surface area contributed by atoms with E-state index in [-0.39, 0.29) is 47.1 Å². The molecule has 5 nitrogen and oxygen atoms in total. The molecule has 3 aliphatic carbocycles. The van der Waals surface area contributed by atoms with Gasteiger partial charge in [-0.1, -0.05) is 26.3 Å². The van der Waals surface area contributed by atoms with E-state index in [4.69, 9.17) is 4.74 Å². The van der Waals surface area contributed by atoms with Crippen LogP contribution in [0.5, 0.6) is 0 Å². The lowest BCUT2D eigenvalue weighted by Crippen LogP contribution is -2.61. The third kappa shape index (κ3) is 3.17. The zero-order valence-electron chi connectivity index (χ0n) is 17.2. The predicted octanol–water partition coefficient (Wildman–Crippen LogP) is 3.03. The van der Waals surface area contributed by atoms with Crippen LogP contribution in [0.2, 0.25) is 0 Å².